The highest BCUT2D eigenvalue weighted by Gasteiger charge is 2.11. The lowest BCUT2D eigenvalue weighted by Gasteiger charge is -2.15. The fourth-order valence-corrected chi connectivity index (χ4v) is 2.64. The Hall–Kier alpha value is -1.22. The van der Waals surface area contributed by atoms with Gasteiger partial charge in [-0.2, -0.15) is 0 Å². The average Bonchev–Trinajstić information content (AvgIpc) is 2.45. The maximum absolute atomic E-state index is 6.34. The summed E-state index contributed by atoms with van der Waals surface area (Å²) in [7, 11) is 1.67. The molecule has 0 atom stereocenters. The van der Waals surface area contributed by atoms with Gasteiger partial charge in [-0.3, -0.25) is 0 Å². The molecule has 0 amide bonds. The van der Waals surface area contributed by atoms with Crippen molar-refractivity contribution >= 4 is 23.2 Å². The van der Waals surface area contributed by atoms with E-state index < -0.39 is 0 Å². The first-order chi connectivity index (χ1) is 10.0. The zero-order valence-electron chi connectivity index (χ0n) is 12.4. The molecule has 21 heavy (non-hydrogen) atoms. The van der Waals surface area contributed by atoms with Gasteiger partial charge < -0.3 is 10.1 Å². The molecule has 2 aromatic rings. The van der Waals surface area contributed by atoms with Gasteiger partial charge in [0.15, 0.2) is 0 Å². The second-order valence-corrected chi connectivity index (χ2v) is 6.03. The van der Waals surface area contributed by atoms with Gasteiger partial charge in [-0.25, -0.2) is 0 Å². The molecule has 0 aliphatic heterocycles. The first-order valence-corrected chi connectivity index (χ1v) is 7.62. The van der Waals surface area contributed by atoms with Crippen molar-refractivity contribution in [2.24, 2.45) is 0 Å². The van der Waals surface area contributed by atoms with Gasteiger partial charge in [0.1, 0.15) is 5.75 Å². The van der Waals surface area contributed by atoms with Crippen LogP contribution in [0.4, 0.5) is 0 Å². The van der Waals surface area contributed by atoms with Crippen LogP contribution in [0.2, 0.25) is 10.0 Å². The first kappa shape index (κ1) is 16.2. The minimum Gasteiger partial charge on any atom is -0.497 e. The van der Waals surface area contributed by atoms with Gasteiger partial charge >= 0.3 is 0 Å². The molecule has 2 aromatic carbocycles. The fraction of sp³-hybridized carbons (Fsp3) is 0.294. The van der Waals surface area contributed by atoms with E-state index in [9.17, 15) is 0 Å². The highest BCUT2D eigenvalue weighted by Crippen LogP contribution is 2.34. The Labute approximate surface area is 136 Å². The summed E-state index contributed by atoms with van der Waals surface area (Å²) in [5.74, 6) is 0.837. The predicted octanol–water partition coefficient (Wildman–Crippen LogP) is 5.17. The number of hydrogen-bond acceptors (Lipinski definition) is 2. The van der Waals surface area contributed by atoms with Crippen LogP contribution in [0.15, 0.2) is 36.4 Å². The third-order valence-corrected chi connectivity index (χ3v) is 3.78. The van der Waals surface area contributed by atoms with Gasteiger partial charge in [0.25, 0.3) is 0 Å². The summed E-state index contributed by atoms with van der Waals surface area (Å²) in [4.78, 5) is 0. The van der Waals surface area contributed by atoms with E-state index in [1.165, 1.54) is 0 Å². The van der Waals surface area contributed by atoms with Crippen LogP contribution in [-0.2, 0) is 6.54 Å². The Bertz CT molecular complexity index is 626. The largest absolute Gasteiger partial charge is 0.497 e. The summed E-state index contributed by atoms with van der Waals surface area (Å²) in [6, 6.07) is 12.0. The molecule has 0 saturated carbocycles. The van der Waals surface area contributed by atoms with E-state index in [0.717, 1.165) is 29.0 Å². The standard InChI is InChI=1S/C17H19Cl2NO/c1-11(2)20-10-12-8-14(21-3)5-7-15(12)16-6-4-13(18)9-17(16)19/h4-9,11,20H,10H2,1-3H3. The molecular formula is C17H19Cl2NO. The summed E-state index contributed by atoms with van der Waals surface area (Å²) in [6.07, 6.45) is 0. The highest BCUT2D eigenvalue weighted by atomic mass is 35.5. The molecule has 0 spiro atoms. The first-order valence-electron chi connectivity index (χ1n) is 6.87. The second kappa shape index (κ2) is 7.17. The number of halogens is 2. The molecule has 1 N–H and O–H groups in total. The van der Waals surface area contributed by atoms with Crippen LogP contribution in [0, 0.1) is 0 Å². The van der Waals surface area contributed by atoms with Crippen LogP contribution in [0.25, 0.3) is 11.1 Å². The Balaban J connectivity index is 2.45. The maximum Gasteiger partial charge on any atom is 0.119 e. The predicted molar refractivity (Wildman–Crippen MR) is 90.4 cm³/mol. The average molecular weight is 324 g/mol. The van der Waals surface area contributed by atoms with Crippen molar-refractivity contribution in [2.75, 3.05) is 7.11 Å². The van der Waals surface area contributed by atoms with E-state index in [2.05, 4.69) is 19.2 Å². The molecule has 0 unspecified atom stereocenters. The summed E-state index contributed by atoms with van der Waals surface area (Å²) in [6.45, 7) is 4.99. The van der Waals surface area contributed by atoms with Crippen LogP contribution >= 0.6 is 23.2 Å². The maximum atomic E-state index is 6.34. The van der Waals surface area contributed by atoms with Gasteiger partial charge in [-0.05, 0) is 35.4 Å². The smallest absolute Gasteiger partial charge is 0.119 e. The zero-order chi connectivity index (χ0) is 15.4. The van der Waals surface area contributed by atoms with Gasteiger partial charge in [-0.1, -0.05) is 49.2 Å². The summed E-state index contributed by atoms with van der Waals surface area (Å²) >= 11 is 12.3. The summed E-state index contributed by atoms with van der Waals surface area (Å²) in [5, 5.41) is 4.72. The van der Waals surface area contributed by atoms with Crippen LogP contribution in [0.5, 0.6) is 5.75 Å². The van der Waals surface area contributed by atoms with Crippen molar-refractivity contribution in [2.45, 2.75) is 26.4 Å². The van der Waals surface area contributed by atoms with Crippen molar-refractivity contribution in [3.63, 3.8) is 0 Å². The fourth-order valence-electron chi connectivity index (χ4n) is 2.13. The van der Waals surface area contributed by atoms with Gasteiger partial charge in [0.2, 0.25) is 0 Å². The molecule has 0 aliphatic rings. The minimum absolute atomic E-state index is 0.407. The summed E-state index contributed by atoms with van der Waals surface area (Å²) in [5.41, 5.74) is 3.21. The molecule has 0 aliphatic carbocycles. The van der Waals surface area contributed by atoms with E-state index >= 15 is 0 Å². The molecule has 0 heterocycles. The molecule has 2 rings (SSSR count). The SMILES string of the molecule is COc1ccc(-c2ccc(Cl)cc2Cl)c(CNC(C)C)c1. The second-order valence-electron chi connectivity index (χ2n) is 5.18. The van der Waals surface area contributed by atoms with E-state index in [0.29, 0.717) is 16.1 Å². The van der Waals surface area contributed by atoms with Crippen molar-refractivity contribution in [3.8, 4) is 16.9 Å². The highest BCUT2D eigenvalue weighted by molar-refractivity contribution is 6.36. The molecule has 112 valence electrons. The third-order valence-electron chi connectivity index (χ3n) is 3.23. The number of methoxy groups -OCH3 is 1. The Kier molecular flexibility index (Phi) is 5.51. The van der Waals surface area contributed by atoms with E-state index in [1.54, 1.807) is 13.2 Å². The topological polar surface area (TPSA) is 21.3 Å². The van der Waals surface area contributed by atoms with Crippen molar-refractivity contribution in [1.29, 1.82) is 0 Å². The molecule has 4 heteroatoms. The van der Waals surface area contributed by atoms with Gasteiger partial charge in [0, 0.05) is 28.2 Å². The van der Waals surface area contributed by atoms with Crippen LogP contribution < -0.4 is 10.1 Å². The monoisotopic (exact) mass is 323 g/mol. The number of ether oxygens (including phenoxy) is 1. The van der Waals surface area contributed by atoms with Crippen LogP contribution in [0.1, 0.15) is 19.4 Å². The molecule has 0 bridgehead atoms. The molecule has 0 fully saturated rings. The lowest BCUT2D eigenvalue weighted by Crippen LogP contribution is -2.22. The normalized spacial score (nSPS) is 11.0. The van der Waals surface area contributed by atoms with Crippen molar-refractivity contribution < 1.29 is 4.74 Å². The van der Waals surface area contributed by atoms with Crippen LogP contribution in [0.3, 0.4) is 0 Å². The Morgan fingerprint density at radius 1 is 1.05 bits per heavy atom. The minimum atomic E-state index is 0.407. The number of hydrogen-bond donors (Lipinski definition) is 1. The lowest BCUT2D eigenvalue weighted by atomic mass is 9.99. The Morgan fingerprint density at radius 2 is 1.76 bits per heavy atom. The van der Waals surface area contributed by atoms with E-state index in [4.69, 9.17) is 27.9 Å². The van der Waals surface area contributed by atoms with Crippen molar-refractivity contribution in [1.82, 2.24) is 5.32 Å². The van der Waals surface area contributed by atoms with E-state index in [1.807, 2.05) is 30.3 Å². The number of nitrogens with one attached hydrogen (secondary N) is 1. The summed E-state index contributed by atoms with van der Waals surface area (Å²) < 4.78 is 5.32. The third kappa shape index (κ3) is 4.13. The molecule has 2 nitrogen and oxygen atoms in total. The van der Waals surface area contributed by atoms with Gasteiger partial charge in [0.05, 0.1) is 7.11 Å². The molecule has 0 radical (unpaired) electrons. The molecular weight excluding hydrogens is 305 g/mol. The molecule has 0 aromatic heterocycles. The lowest BCUT2D eigenvalue weighted by molar-refractivity contribution is 0.414. The molecule has 0 saturated heterocycles. The number of benzene rings is 2. The number of rotatable bonds is 5. The Morgan fingerprint density at radius 3 is 2.38 bits per heavy atom. The zero-order valence-corrected chi connectivity index (χ0v) is 13.9. The quantitative estimate of drug-likeness (QED) is 0.819. The van der Waals surface area contributed by atoms with Crippen molar-refractivity contribution in [3.05, 3.63) is 52.0 Å². The van der Waals surface area contributed by atoms with E-state index in [-0.39, 0.29) is 0 Å². The van der Waals surface area contributed by atoms with Gasteiger partial charge in [-0.15, -0.1) is 0 Å². The van der Waals surface area contributed by atoms with Crippen LogP contribution in [-0.4, -0.2) is 13.2 Å².